The number of carbonyl (C=O) groups excluding carboxylic acids is 1. The summed E-state index contributed by atoms with van der Waals surface area (Å²) in [6, 6.07) is 10.3. The molecule has 0 fully saturated rings. The molecule has 1 N–H and O–H groups in total. The molecule has 2 nitrogen and oxygen atoms in total. The number of benzene rings is 2. The topological polar surface area (TPSA) is 29.1 Å². The summed E-state index contributed by atoms with van der Waals surface area (Å²) in [5.74, 6) is -0.221. The molecular formula is C13H7BrCl2INO. The Morgan fingerprint density at radius 2 is 1.89 bits per heavy atom. The lowest BCUT2D eigenvalue weighted by atomic mass is 10.2. The maximum absolute atomic E-state index is 12.1. The van der Waals surface area contributed by atoms with Crippen molar-refractivity contribution in [2.45, 2.75) is 0 Å². The number of amides is 1. The van der Waals surface area contributed by atoms with Crippen LogP contribution in [0.3, 0.4) is 0 Å². The van der Waals surface area contributed by atoms with Crippen molar-refractivity contribution < 1.29 is 4.79 Å². The van der Waals surface area contributed by atoms with E-state index in [9.17, 15) is 4.79 Å². The molecule has 19 heavy (non-hydrogen) atoms. The molecule has 2 aromatic carbocycles. The van der Waals surface area contributed by atoms with Crippen molar-refractivity contribution in [3.05, 3.63) is 60.0 Å². The molecule has 2 rings (SSSR count). The third-order valence-electron chi connectivity index (χ3n) is 2.36. The van der Waals surface area contributed by atoms with Gasteiger partial charge in [0, 0.05) is 18.6 Å². The van der Waals surface area contributed by atoms with Gasteiger partial charge in [0.05, 0.1) is 10.7 Å². The lowest BCUT2D eigenvalue weighted by Crippen LogP contribution is -2.12. The quantitative estimate of drug-likeness (QED) is 0.568. The van der Waals surface area contributed by atoms with Crippen LogP contribution in [-0.2, 0) is 0 Å². The molecule has 0 atom stereocenters. The van der Waals surface area contributed by atoms with Crippen molar-refractivity contribution in [3.8, 4) is 0 Å². The lowest BCUT2D eigenvalue weighted by Gasteiger charge is -2.08. The normalized spacial score (nSPS) is 10.3. The van der Waals surface area contributed by atoms with Crippen molar-refractivity contribution in [2.75, 3.05) is 5.32 Å². The second-order valence-electron chi connectivity index (χ2n) is 3.71. The van der Waals surface area contributed by atoms with E-state index in [-0.39, 0.29) is 5.91 Å². The van der Waals surface area contributed by atoms with Gasteiger partial charge in [0.25, 0.3) is 5.91 Å². The summed E-state index contributed by atoms with van der Waals surface area (Å²) in [4.78, 5) is 12.1. The number of hydrogen-bond donors (Lipinski definition) is 1. The molecule has 0 aliphatic carbocycles. The summed E-state index contributed by atoms with van der Waals surface area (Å²) >= 11 is 17.3. The summed E-state index contributed by atoms with van der Waals surface area (Å²) in [5, 5.41) is 3.95. The smallest absolute Gasteiger partial charge is 0.255 e. The molecule has 0 radical (unpaired) electrons. The van der Waals surface area contributed by atoms with Crippen molar-refractivity contribution in [1.82, 2.24) is 0 Å². The molecule has 0 aliphatic rings. The van der Waals surface area contributed by atoms with E-state index in [4.69, 9.17) is 23.2 Å². The summed E-state index contributed by atoms with van der Waals surface area (Å²) < 4.78 is 1.63. The Morgan fingerprint density at radius 3 is 2.53 bits per heavy atom. The van der Waals surface area contributed by atoms with Gasteiger partial charge in [-0.05, 0) is 74.9 Å². The average Bonchev–Trinajstić information content (AvgIpc) is 2.36. The first kappa shape index (κ1) is 15.1. The maximum atomic E-state index is 12.1. The Hall–Kier alpha value is -0.300. The highest BCUT2D eigenvalue weighted by Gasteiger charge is 2.10. The number of halogens is 4. The third-order valence-corrected chi connectivity index (χ3v) is 4.82. The fourth-order valence-corrected chi connectivity index (χ4v) is 2.72. The highest BCUT2D eigenvalue weighted by atomic mass is 127. The Labute approximate surface area is 142 Å². The van der Waals surface area contributed by atoms with Gasteiger partial charge >= 0.3 is 0 Å². The molecular weight excluding hydrogens is 464 g/mol. The van der Waals surface area contributed by atoms with Gasteiger partial charge < -0.3 is 5.32 Å². The highest BCUT2D eigenvalue weighted by Crippen LogP contribution is 2.27. The predicted molar refractivity (Wildman–Crippen MR) is 91.3 cm³/mol. The maximum Gasteiger partial charge on any atom is 0.255 e. The largest absolute Gasteiger partial charge is 0.321 e. The van der Waals surface area contributed by atoms with Gasteiger partial charge in [-0.3, -0.25) is 4.79 Å². The summed E-state index contributed by atoms with van der Waals surface area (Å²) in [6.45, 7) is 0. The van der Waals surface area contributed by atoms with Crippen LogP contribution in [-0.4, -0.2) is 5.91 Å². The summed E-state index contributed by atoms with van der Waals surface area (Å²) in [7, 11) is 0. The zero-order chi connectivity index (χ0) is 14.0. The average molecular weight is 471 g/mol. The van der Waals surface area contributed by atoms with Crippen LogP contribution in [0.25, 0.3) is 0 Å². The standard InChI is InChI=1S/C13H7BrCl2INO/c14-9-6-8(15)2-4-12(9)18-13(19)7-1-3-11(17)10(16)5-7/h1-6H,(H,18,19). The molecule has 1 amide bonds. The minimum atomic E-state index is -0.221. The van der Waals surface area contributed by atoms with E-state index in [0.29, 0.717) is 21.3 Å². The van der Waals surface area contributed by atoms with Crippen LogP contribution in [0.2, 0.25) is 10.0 Å². The van der Waals surface area contributed by atoms with Crippen LogP contribution in [0.15, 0.2) is 40.9 Å². The molecule has 0 bridgehead atoms. The van der Waals surface area contributed by atoms with Gasteiger partial charge in [-0.15, -0.1) is 0 Å². The van der Waals surface area contributed by atoms with Crippen LogP contribution in [0, 0.1) is 3.57 Å². The Morgan fingerprint density at radius 1 is 1.16 bits per heavy atom. The molecule has 0 unspecified atom stereocenters. The Balaban J connectivity index is 2.23. The number of anilines is 1. The fourth-order valence-electron chi connectivity index (χ4n) is 1.42. The highest BCUT2D eigenvalue weighted by molar-refractivity contribution is 14.1. The summed E-state index contributed by atoms with van der Waals surface area (Å²) in [5.41, 5.74) is 1.16. The second kappa shape index (κ2) is 6.43. The van der Waals surface area contributed by atoms with Gasteiger partial charge in [0.2, 0.25) is 0 Å². The van der Waals surface area contributed by atoms with E-state index in [0.717, 1.165) is 8.04 Å². The van der Waals surface area contributed by atoms with Gasteiger partial charge in [-0.25, -0.2) is 0 Å². The molecule has 0 saturated carbocycles. The monoisotopic (exact) mass is 469 g/mol. The third kappa shape index (κ3) is 3.84. The molecule has 6 heteroatoms. The fraction of sp³-hybridized carbons (Fsp3) is 0. The van der Waals surface area contributed by atoms with Crippen LogP contribution < -0.4 is 5.32 Å². The molecule has 0 aliphatic heterocycles. The minimum absolute atomic E-state index is 0.221. The van der Waals surface area contributed by atoms with Crippen LogP contribution in [0.5, 0.6) is 0 Å². The SMILES string of the molecule is O=C(Nc1ccc(Cl)cc1Br)c1ccc(I)c(Cl)c1. The van der Waals surface area contributed by atoms with Crippen molar-refractivity contribution in [1.29, 1.82) is 0 Å². The molecule has 2 aromatic rings. The first-order valence-electron chi connectivity index (χ1n) is 5.19. The molecule has 0 aromatic heterocycles. The first-order valence-corrected chi connectivity index (χ1v) is 7.81. The first-order chi connectivity index (χ1) is 8.97. The van der Waals surface area contributed by atoms with E-state index >= 15 is 0 Å². The van der Waals surface area contributed by atoms with E-state index in [1.54, 1.807) is 36.4 Å². The number of nitrogens with one attached hydrogen (secondary N) is 1. The Bertz CT molecular complexity index is 649. The molecule has 0 saturated heterocycles. The van der Waals surface area contributed by atoms with Crippen LogP contribution in [0.4, 0.5) is 5.69 Å². The van der Waals surface area contributed by atoms with E-state index in [2.05, 4.69) is 43.8 Å². The second-order valence-corrected chi connectivity index (χ2v) is 6.57. The number of rotatable bonds is 2. The number of hydrogen-bond acceptors (Lipinski definition) is 1. The summed E-state index contributed by atoms with van der Waals surface area (Å²) in [6.07, 6.45) is 0. The van der Waals surface area contributed by atoms with Crippen molar-refractivity contribution in [2.24, 2.45) is 0 Å². The van der Waals surface area contributed by atoms with Gasteiger partial charge in [0.1, 0.15) is 0 Å². The van der Waals surface area contributed by atoms with Gasteiger partial charge in [0.15, 0.2) is 0 Å². The van der Waals surface area contributed by atoms with E-state index in [1.165, 1.54) is 0 Å². The molecule has 0 heterocycles. The lowest BCUT2D eigenvalue weighted by molar-refractivity contribution is 0.102. The number of carbonyl (C=O) groups is 1. The van der Waals surface area contributed by atoms with Crippen molar-refractivity contribution in [3.63, 3.8) is 0 Å². The van der Waals surface area contributed by atoms with Gasteiger partial charge in [-0.2, -0.15) is 0 Å². The zero-order valence-electron chi connectivity index (χ0n) is 9.38. The van der Waals surface area contributed by atoms with Crippen LogP contribution in [0.1, 0.15) is 10.4 Å². The van der Waals surface area contributed by atoms with Gasteiger partial charge in [-0.1, -0.05) is 23.2 Å². The van der Waals surface area contributed by atoms with Crippen LogP contribution >= 0.6 is 61.7 Å². The van der Waals surface area contributed by atoms with E-state index < -0.39 is 0 Å². The van der Waals surface area contributed by atoms with Crippen molar-refractivity contribution >= 4 is 73.3 Å². The predicted octanol–water partition coefficient (Wildman–Crippen LogP) is 5.61. The molecule has 0 spiro atoms. The molecule has 98 valence electrons. The zero-order valence-corrected chi connectivity index (χ0v) is 14.6. The minimum Gasteiger partial charge on any atom is -0.321 e. The van der Waals surface area contributed by atoms with E-state index in [1.807, 2.05) is 0 Å². The Kier molecular flexibility index (Phi) is 5.11.